The van der Waals surface area contributed by atoms with E-state index in [0.717, 1.165) is 0 Å². The first kappa shape index (κ1) is 49.1. The van der Waals surface area contributed by atoms with Gasteiger partial charge in [0.15, 0.2) is 11.5 Å². The van der Waals surface area contributed by atoms with Gasteiger partial charge in [-0.1, -0.05) is 30.3 Å². The first-order valence-corrected chi connectivity index (χ1v) is 21.5. The normalized spacial score (nSPS) is 29.5. The molecular formula is C46H58N6O14. The van der Waals surface area contributed by atoms with Crippen LogP contribution in [0.15, 0.2) is 66.7 Å². The number of methoxy groups -OCH3 is 1. The molecule has 2 saturated heterocycles. The van der Waals surface area contributed by atoms with E-state index < -0.39 is 109 Å². The van der Waals surface area contributed by atoms with Crippen molar-refractivity contribution in [1.82, 2.24) is 30.7 Å². The van der Waals surface area contributed by atoms with Gasteiger partial charge in [0.05, 0.1) is 13.7 Å². The lowest BCUT2D eigenvalue weighted by Crippen LogP contribution is -2.61. The number of hydrogen-bond donors (Lipinski definition) is 7. The Kier molecular flexibility index (Phi) is 15.5. The minimum absolute atomic E-state index is 0.00547. The summed E-state index contributed by atoms with van der Waals surface area (Å²) in [6, 6.07) is 10.7. The molecule has 3 aromatic carbocycles. The van der Waals surface area contributed by atoms with Gasteiger partial charge in [-0.3, -0.25) is 28.8 Å². The Morgan fingerprint density at radius 3 is 1.86 bits per heavy atom. The number of nitrogens with one attached hydrogen (secondary N) is 3. The van der Waals surface area contributed by atoms with Crippen LogP contribution >= 0.6 is 0 Å². The minimum atomic E-state index is -1.73. The van der Waals surface area contributed by atoms with Crippen LogP contribution in [0.1, 0.15) is 37.5 Å². The zero-order chi connectivity index (χ0) is 48.1. The molecule has 4 heterocycles. The van der Waals surface area contributed by atoms with E-state index in [2.05, 4.69) is 16.0 Å². The van der Waals surface area contributed by atoms with E-state index >= 15 is 0 Å². The molecule has 0 radical (unpaired) electrons. The van der Waals surface area contributed by atoms with Gasteiger partial charge in [-0.25, -0.2) is 0 Å². The number of carbonyl (C=O) groups excluding carboxylic acids is 6. The Hall–Kier alpha value is -6.32. The van der Waals surface area contributed by atoms with Gasteiger partial charge >= 0.3 is 0 Å². The van der Waals surface area contributed by atoms with Gasteiger partial charge in [-0.2, -0.15) is 0 Å². The highest BCUT2D eigenvalue weighted by molar-refractivity contribution is 5.98. The third kappa shape index (κ3) is 10.9. The molecule has 0 saturated carbocycles. The number of amides is 6. The van der Waals surface area contributed by atoms with Crippen LogP contribution < -0.4 is 30.2 Å². The van der Waals surface area contributed by atoms with Gasteiger partial charge in [-0.05, 0) is 73.9 Å². The summed E-state index contributed by atoms with van der Waals surface area (Å²) in [5, 5.41) is 49.2. The molecule has 2 fully saturated rings. The van der Waals surface area contributed by atoms with Crippen LogP contribution in [-0.2, 0) is 52.8 Å². The van der Waals surface area contributed by atoms with Crippen molar-refractivity contribution in [2.45, 2.75) is 107 Å². The summed E-state index contributed by atoms with van der Waals surface area (Å²) in [5.74, 6) is -3.10. The fourth-order valence-electron chi connectivity index (χ4n) is 8.05. The number of nitrogens with zero attached hydrogens (tertiary/aromatic N) is 3. The van der Waals surface area contributed by atoms with Gasteiger partial charge in [0.1, 0.15) is 72.2 Å². The predicted octanol–water partition coefficient (Wildman–Crippen LogP) is -0.984. The van der Waals surface area contributed by atoms with E-state index in [1.54, 1.807) is 54.6 Å². The van der Waals surface area contributed by atoms with Crippen LogP contribution in [0.25, 0.3) is 0 Å². The Morgan fingerprint density at radius 2 is 1.23 bits per heavy atom. The molecule has 4 aliphatic heterocycles. The molecule has 20 heteroatoms. The largest absolute Gasteiger partial charge is 0.497 e. The average molecular weight is 919 g/mol. The Balaban J connectivity index is 1.38. The predicted molar refractivity (Wildman–Crippen MR) is 234 cm³/mol. The van der Waals surface area contributed by atoms with E-state index in [1.165, 1.54) is 75.9 Å². The van der Waals surface area contributed by atoms with E-state index in [-0.39, 0.29) is 30.8 Å². The maximum atomic E-state index is 14.9. The van der Waals surface area contributed by atoms with E-state index in [1.807, 2.05) is 0 Å². The summed E-state index contributed by atoms with van der Waals surface area (Å²) in [6.07, 6.45) is -8.08. The quantitative estimate of drug-likeness (QED) is 0.157. The molecule has 4 aliphatic rings. The standard InChI is InChI=1S/C46H58N6O14/c1-23-40(57)48-24(2)43(60)50(4)31(18-26-8-13-29(63-7)14-9-26)42(59)49-25(3)44(61)52(6)33-19-27-10-15-30(16-11-27)64-35-21-28(20-32(41(58)47-23)51(5)45(33)62)12-17-34(35)65-46-39(56)38(55)37(54)36(22-53)66-46/h8-17,21,23-25,31-33,36-39,46,53-56H,18-20,22H2,1-7H3,(H,47,58)(H,48,57)(H,49,59)/t23-,24+,25+,31+,32+,33?,36?,37-,38+,39?,46-/m1/s1. The zero-order valence-corrected chi connectivity index (χ0v) is 37.7. The number of aliphatic hydroxyl groups is 4. The second-order valence-electron chi connectivity index (χ2n) is 16.9. The lowest BCUT2D eigenvalue weighted by Gasteiger charge is -2.39. The molecule has 66 heavy (non-hydrogen) atoms. The van der Waals surface area contributed by atoms with Gasteiger partial charge in [0.2, 0.25) is 41.7 Å². The van der Waals surface area contributed by atoms with Crippen molar-refractivity contribution >= 4 is 35.4 Å². The van der Waals surface area contributed by atoms with Crippen molar-refractivity contribution in [2.24, 2.45) is 0 Å². The SMILES string of the molecule is COc1ccc(C[C@H]2C(=O)N[C@@H](C)C(=O)N(C)C3Cc4ccc(cc4)Oc4cc(ccc4O[C@@H]4OC(CO)[C@@H](O)[C@H](O)C4O)C[C@@H](C(=O)N[C@H](C)C(=O)N[C@@H](C)C(=O)N2C)N(C)C3=O)cc1. The molecule has 0 aliphatic carbocycles. The maximum Gasteiger partial charge on any atom is 0.246 e. The van der Waals surface area contributed by atoms with Gasteiger partial charge in [-0.15, -0.1) is 0 Å². The fourth-order valence-corrected chi connectivity index (χ4v) is 8.05. The van der Waals surface area contributed by atoms with Crippen LogP contribution in [0, 0.1) is 0 Å². The van der Waals surface area contributed by atoms with Crippen molar-refractivity contribution in [3.05, 3.63) is 83.4 Å². The maximum absolute atomic E-state index is 14.9. The summed E-state index contributed by atoms with van der Waals surface area (Å²) in [7, 11) is 5.76. The van der Waals surface area contributed by atoms with Crippen molar-refractivity contribution in [3.63, 3.8) is 0 Å². The van der Waals surface area contributed by atoms with E-state index in [4.69, 9.17) is 18.9 Å². The van der Waals surface area contributed by atoms with Gasteiger partial charge < -0.3 is 70.0 Å². The molecule has 7 N–H and O–H groups in total. The first-order chi connectivity index (χ1) is 31.3. The number of hydrogen-bond acceptors (Lipinski definition) is 14. The molecule has 0 spiro atoms. The van der Waals surface area contributed by atoms with E-state index in [0.29, 0.717) is 28.2 Å². The summed E-state index contributed by atoms with van der Waals surface area (Å²) < 4.78 is 23.1. The molecule has 6 amide bonds. The van der Waals surface area contributed by atoms with Crippen molar-refractivity contribution in [1.29, 1.82) is 0 Å². The summed E-state index contributed by atoms with van der Waals surface area (Å²) in [4.78, 5) is 89.0. The van der Waals surface area contributed by atoms with Crippen molar-refractivity contribution in [2.75, 3.05) is 34.9 Å². The highest BCUT2D eigenvalue weighted by Crippen LogP contribution is 2.36. The Labute approximate surface area is 381 Å². The summed E-state index contributed by atoms with van der Waals surface area (Å²) >= 11 is 0. The van der Waals surface area contributed by atoms with Crippen LogP contribution in [-0.4, -0.2) is 172 Å². The molecule has 3 aromatic rings. The highest BCUT2D eigenvalue weighted by atomic mass is 16.7. The monoisotopic (exact) mass is 918 g/mol. The summed E-state index contributed by atoms with van der Waals surface area (Å²) in [5.41, 5.74) is 1.67. The van der Waals surface area contributed by atoms with Crippen molar-refractivity contribution < 1.29 is 68.1 Å². The topological polar surface area (TPSA) is 266 Å². The lowest BCUT2D eigenvalue weighted by molar-refractivity contribution is -0.277. The number of likely N-dealkylation sites (N-methyl/N-ethyl adjacent to an activating group) is 3. The molecule has 20 nitrogen and oxygen atoms in total. The number of fused-ring (bicyclic) bond motifs is 2. The first-order valence-electron chi connectivity index (χ1n) is 21.5. The van der Waals surface area contributed by atoms with Gasteiger partial charge in [0.25, 0.3) is 0 Å². The third-order valence-electron chi connectivity index (χ3n) is 12.2. The van der Waals surface area contributed by atoms with Crippen LogP contribution in [0.2, 0.25) is 0 Å². The second kappa shape index (κ2) is 20.9. The number of carbonyl (C=O) groups is 6. The molecular weight excluding hydrogens is 861 g/mol. The smallest absolute Gasteiger partial charge is 0.246 e. The minimum Gasteiger partial charge on any atom is -0.497 e. The molecule has 356 valence electrons. The molecule has 3 unspecified atom stereocenters. The molecule has 0 aromatic heterocycles. The summed E-state index contributed by atoms with van der Waals surface area (Å²) in [6.45, 7) is 3.63. The number of benzene rings is 3. The average Bonchev–Trinajstić information content (AvgIpc) is 3.30. The lowest BCUT2D eigenvalue weighted by atomic mass is 9.98. The molecule has 6 bridgehead atoms. The Morgan fingerprint density at radius 1 is 0.652 bits per heavy atom. The number of ether oxygens (including phenoxy) is 4. The second-order valence-corrected chi connectivity index (χ2v) is 16.9. The van der Waals surface area contributed by atoms with Crippen LogP contribution in [0.4, 0.5) is 0 Å². The van der Waals surface area contributed by atoms with E-state index in [9.17, 15) is 49.2 Å². The zero-order valence-electron chi connectivity index (χ0n) is 37.7. The van der Waals surface area contributed by atoms with Crippen LogP contribution in [0.3, 0.4) is 0 Å². The molecule has 7 rings (SSSR count). The number of aliphatic hydroxyl groups excluding tert-OH is 4. The number of rotatable bonds is 6. The third-order valence-corrected chi connectivity index (χ3v) is 12.2. The van der Waals surface area contributed by atoms with Crippen LogP contribution in [0.5, 0.6) is 23.0 Å². The fraction of sp³-hybridized carbons (Fsp3) is 0.478. The van der Waals surface area contributed by atoms with Gasteiger partial charge in [0, 0.05) is 40.4 Å². The van der Waals surface area contributed by atoms with Crippen molar-refractivity contribution in [3.8, 4) is 23.0 Å². The Bertz CT molecular complexity index is 2260. The molecule has 11 atom stereocenters. The highest BCUT2D eigenvalue weighted by Gasteiger charge is 2.45.